The molecule has 0 aliphatic heterocycles. The first-order chi connectivity index (χ1) is 9.93. The SMILES string of the molecule is Cl.Cl.Cl.c1ccc([N]=[Ta]([c]2ccccn2)[c]2ccccn2)cc1. The summed E-state index contributed by atoms with van der Waals surface area (Å²) in [6.07, 6.45) is 3.67. The molecule has 0 spiro atoms. The quantitative estimate of drug-likeness (QED) is 0.510. The van der Waals surface area contributed by atoms with Gasteiger partial charge in [-0.3, -0.25) is 0 Å². The Bertz CT molecular complexity index is 669. The van der Waals surface area contributed by atoms with E-state index in [1.54, 1.807) is 0 Å². The van der Waals surface area contributed by atoms with Crippen LogP contribution in [0.5, 0.6) is 0 Å². The first-order valence-electron chi connectivity index (χ1n) is 6.32. The van der Waals surface area contributed by atoms with E-state index in [-0.39, 0.29) is 37.2 Å². The number of pyridine rings is 2. The van der Waals surface area contributed by atoms with Crippen LogP contribution in [0.4, 0.5) is 5.69 Å². The van der Waals surface area contributed by atoms with E-state index in [0.29, 0.717) is 0 Å². The minimum atomic E-state index is -2.52. The molecular formula is C16H16Cl3N3Ta. The molecule has 3 rings (SSSR count). The number of rotatable bonds is 3. The second-order valence-corrected chi connectivity index (χ2v) is 10.4. The molecule has 7 heteroatoms. The Hall–Kier alpha value is -1.07. The molecule has 0 unspecified atom stereocenters. The van der Waals surface area contributed by atoms with Crippen LogP contribution in [0.1, 0.15) is 0 Å². The zero-order valence-corrected chi connectivity index (χ0v) is 17.7. The molecule has 0 N–H and O–H groups in total. The molecule has 3 aromatic rings. The van der Waals surface area contributed by atoms with Gasteiger partial charge < -0.3 is 0 Å². The van der Waals surface area contributed by atoms with Gasteiger partial charge in [0.05, 0.1) is 0 Å². The van der Waals surface area contributed by atoms with Gasteiger partial charge in [0.25, 0.3) is 0 Å². The van der Waals surface area contributed by atoms with Crippen molar-refractivity contribution in [2.45, 2.75) is 0 Å². The third kappa shape index (κ3) is 6.15. The van der Waals surface area contributed by atoms with Gasteiger partial charge in [0, 0.05) is 0 Å². The van der Waals surface area contributed by atoms with Gasteiger partial charge in [-0.2, -0.15) is 0 Å². The molecule has 3 nitrogen and oxygen atoms in total. The normalized spacial score (nSPS) is 8.70. The van der Waals surface area contributed by atoms with Gasteiger partial charge in [-0.1, -0.05) is 0 Å². The van der Waals surface area contributed by atoms with Crippen molar-refractivity contribution in [3.8, 4) is 0 Å². The summed E-state index contributed by atoms with van der Waals surface area (Å²) in [6.45, 7) is 0. The molecule has 1 aromatic carbocycles. The second kappa shape index (κ2) is 11.5. The summed E-state index contributed by atoms with van der Waals surface area (Å²) in [5.74, 6) is 0. The maximum atomic E-state index is 4.98. The topological polar surface area (TPSA) is 38.1 Å². The number of halogens is 3. The van der Waals surface area contributed by atoms with E-state index >= 15 is 0 Å². The van der Waals surface area contributed by atoms with Crippen LogP contribution in [0.25, 0.3) is 0 Å². The molecule has 0 atom stereocenters. The number of nitrogens with zero attached hydrogens (tertiary/aromatic N) is 3. The molecule has 0 saturated carbocycles. The summed E-state index contributed by atoms with van der Waals surface area (Å²) in [5.41, 5.74) is 1.02. The molecule has 0 aliphatic carbocycles. The van der Waals surface area contributed by atoms with Crippen LogP contribution < -0.4 is 7.82 Å². The average Bonchev–Trinajstić information content (AvgIpc) is 2.55. The third-order valence-electron chi connectivity index (χ3n) is 2.70. The molecule has 0 saturated heterocycles. The molecule has 2 aromatic heterocycles. The predicted molar refractivity (Wildman–Crippen MR) is 98.0 cm³/mol. The van der Waals surface area contributed by atoms with Crippen molar-refractivity contribution < 1.29 is 18.3 Å². The van der Waals surface area contributed by atoms with Crippen molar-refractivity contribution in [3.63, 3.8) is 0 Å². The summed E-state index contributed by atoms with van der Waals surface area (Å²) >= 11 is -2.52. The van der Waals surface area contributed by atoms with Crippen molar-refractivity contribution in [1.82, 2.24) is 9.97 Å². The summed E-state index contributed by atoms with van der Waals surface area (Å²) in [5, 5.41) is 0. The fourth-order valence-electron chi connectivity index (χ4n) is 1.79. The van der Waals surface area contributed by atoms with Gasteiger partial charge in [0.1, 0.15) is 0 Å². The van der Waals surface area contributed by atoms with E-state index in [2.05, 4.69) is 22.1 Å². The Balaban J connectivity index is 0.00000161. The fraction of sp³-hybridized carbons (Fsp3) is 0. The Morgan fingerprint density at radius 2 is 1.09 bits per heavy atom. The molecule has 0 bridgehead atoms. The first-order valence-corrected chi connectivity index (χ1v) is 11.0. The summed E-state index contributed by atoms with van der Waals surface area (Å²) in [4.78, 5) is 9.02. The molecule has 0 fully saturated rings. The van der Waals surface area contributed by atoms with Crippen LogP contribution in [-0.2, 0) is 18.3 Å². The number of aromatic nitrogens is 2. The Kier molecular flexibility index (Phi) is 10.9. The standard InChI is InChI=1S/C6H5N.2C5H4N.3ClH.Ta/c7-6-4-2-1-3-5-6;2*1-2-4-6-5-3-1;;;;/h1-5H;2*1-4H;3*1H;. The van der Waals surface area contributed by atoms with Crippen molar-refractivity contribution in [2.24, 2.45) is 3.34 Å². The maximum absolute atomic E-state index is 4.98. The Labute approximate surface area is 160 Å². The van der Waals surface area contributed by atoms with Crippen LogP contribution in [-0.4, -0.2) is 9.97 Å². The zero-order chi connectivity index (χ0) is 13.6. The van der Waals surface area contributed by atoms with Crippen LogP contribution in [0.3, 0.4) is 0 Å². The summed E-state index contributed by atoms with van der Waals surface area (Å²) in [6, 6.07) is 22.2. The van der Waals surface area contributed by atoms with Crippen LogP contribution in [0, 0.1) is 0 Å². The average molecular weight is 538 g/mol. The van der Waals surface area contributed by atoms with E-state index in [9.17, 15) is 0 Å². The molecule has 0 amide bonds. The van der Waals surface area contributed by atoms with E-state index < -0.39 is 18.3 Å². The van der Waals surface area contributed by atoms with Crippen LogP contribution in [0.2, 0.25) is 0 Å². The molecule has 2 heterocycles. The van der Waals surface area contributed by atoms with Crippen LogP contribution in [0.15, 0.2) is 82.5 Å². The Morgan fingerprint density at radius 3 is 1.52 bits per heavy atom. The van der Waals surface area contributed by atoms with Crippen molar-refractivity contribution in [3.05, 3.63) is 79.1 Å². The number of benzene rings is 1. The minimum absolute atomic E-state index is 0. The molecule has 23 heavy (non-hydrogen) atoms. The van der Waals surface area contributed by atoms with Crippen molar-refractivity contribution in [2.75, 3.05) is 0 Å². The predicted octanol–water partition coefficient (Wildman–Crippen LogP) is 3.83. The van der Waals surface area contributed by atoms with E-state index in [1.165, 1.54) is 0 Å². The summed E-state index contributed by atoms with van der Waals surface area (Å²) in [7, 11) is 0. The molecule has 0 aliphatic rings. The zero-order valence-electron chi connectivity index (χ0n) is 12.0. The van der Waals surface area contributed by atoms with E-state index in [4.69, 9.17) is 3.34 Å². The van der Waals surface area contributed by atoms with E-state index in [0.717, 1.165) is 13.5 Å². The second-order valence-electron chi connectivity index (χ2n) is 4.12. The van der Waals surface area contributed by atoms with E-state index in [1.807, 2.05) is 67.0 Å². The van der Waals surface area contributed by atoms with Gasteiger partial charge >= 0.3 is 124 Å². The first kappa shape index (κ1) is 21.9. The van der Waals surface area contributed by atoms with Gasteiger partial charge in [-0.25, -0.2) is 0 Å². The fourth-order valence-corrected chi connectivity index (χ4v) is 7.57. The number of hydrogen-bond acceptors (Lipinski definition) is 3. The van der Waals surface area contributed by atoms with Crippen LogP contribution >= 0.6 is 37.2 Å². The van der Waals surface area contributed by atoms with Gasteiger partial charge in [0.2, 0.25) is 0 Å². The Morgan fingerprint density at radius 1 is 0.609 bits per heavy atom. The number of hydrogen-bond donors (Lipinski definition) is 0. The molecule has 0 radical (unpaired) electrons. The third-order valence-corrected chi connectivity index (χ3v) is 9.27. The van der Waals surface area contributed by atoms with Crippen molar-refractivity contribution >= 4 is 50.7 Å². The monoisotopic (exact) mass is 536 g/mol. The van der Waals surface area contributed by atoms with Gasteiger partial charge in [-0.15, -0.1) is 37.2 Å². The molecule has 121 valence electrons. The molecular weight excluding hydrogens is 522 g/mol. The van der Waals surface area contributed by atoms with Gasteiger partial charge in [-0.05, 0) is 0 Å². The van der Waals surface area contributed by atoms with Gasteiger partial charge in [0.15, 0.2) is 0 Å². The van der Waals surface area contributed by atoms with Crippen molar-refractivity contribution in [1.29, 1.82) is 0 Å². The summed E-state index contributed by atoms with van der Waals surface area (Å²) < 4.78 is 7.18.